The second kappa shape index (κ2) is 5.91. The van der Waals surface area contributed by atoms with Crippen LogP contribution in [-0.4, -0.2) is 18.5 Å². The first-order valence-electron chi connectivity index (χ1n) is 8.30. The van der Waals surface area contributed by atoms with E-state index in [4.69, 9.17) is 0 Å². The van der Waals surface area contributed by atoms with Crippen LogP contribution in [0.15, 0.2) is 30.3 Å². The van der Waals surface area contributed by atoms with Crippen molar-refractivity contribution in [3.8, 4) is 0 Å². The standard InChI is InChI=1S/C19H20FN3O/c1-11-5-6-15(20)14-9-17(22-18(11)14)19(24)23-16-4-2-3-12-10-21-8-7-13(12)16/h2-6,17,21-22H,7-10H2,1H3,(H,23,24). The Morgan fingerprint density at radius 2 is 2.12 bits per heavy atom. The van der Waals surface area contributed by atoms with Crippen LogP contribution in [0.25, 0.3) is 0 Å². The molecule has 0 aromatic heterocycles. The molecule has 0 fully saturated rings. The Hall–Kier alpha value is -2.40. The molecular formula is C19H20FN3O. The summed E-state index contributed by atoms with van der Waals surface area (Å²) in [4.78, 5) is 12.7. The SMILES string of the molecule is Cc1ccc(F)c2c1NC(C(=O)Nc1cccc3c1CCNC3)C2. The number of nitrogens with one attached hydrogen (secondary N) is 3. The predicted molar refractivity (Wildman–Crippen MR) is 92.7 cm³/mol. The van der Waals surface area contributed by atoms with E-state index in [9.17, 15) is 9.18 Å². The first kappa shape index (κ1) is 15.1. The maximum Gasteiger partial charge on any atom is 0.247 e. The van der Waals surface area contributed by atoms with Crippen LogP contribution >= 0.6 is 0 Å². The number of carbonyl (C=O) groups is 1. The quantitative estimate of drug-likeness (QED) is 0.796. The zero-order valence-corrected chi connectivity index (χ0v) is 13.6. The molecule has 2 aromatic carbocycles. The summed E-state index contributed by atoms with van der Waals surface area (Å²) >= 11 is 0. The van der Waals surface area contributed by atoms with E-state index >= 15 is 0 Å². The summed E-state index contributed by atoms with van der Waals surface area (Å²) in [7, 11) is 0. The molecule has 0 spiro atoms. The fourth-order valence-corrected chi connectivity index (χ4v) is 3.60. The average molecular weight is 325 g/mol. The molecule has 24 heavy (non-hydrogen) atoms. The lowest BCUT2D eigenvalue weighted by Crippen LogP contribution is -2.34. The maximum atomic E-state index is 14.0. The highest BCUT2D eigenvalue weighted by Gasteiger charge is 2.30. The van der Waals surface area contributed by atoms with Crippen LogP contribution < -0.4 is 16.0 Å². The van der Waals surface area contributed by atoms with Crippen molar-refractivity contribution >= 4 is 17.3 Å². The number of anilines is 2. The monoisotopic (exact) mass is 325 g/mol. The van der Waals surface area contributed by atoms with Crippen LogP contribution in [0, 0.1) is 12.7 Å². The van der Waals surface area contributed by atoms with E-state index in [0.717, 1.165) is 36.4 Å². The largest absolute Gasteiger partial charge is 0.373 e. The molecule has 2 aliphatic heterocycles. The zero-order valence-electron chi connectivity index (χ0n) is 13.6. The minimum absolute atomic E-state index is 0.114. The molecular weight excluding hydrogens is 305 g/mol. The molecule has 1 amide bonds. The fraction of sp³-hybridized carbons (Fsp3) is 0.316. The first-order valence-corrected chi connectivity index (χ1v) is 8.30. The molecule has 2 aromatic rings. The van der Waals surface area contributed by atoms with Gasteiger partial charge in [0.25, 0.3) is 0 Å². The van der Waals surface area contributed by atoms with Gasteiger partial charge in [-0.15, -0.1) is 0 Å². The van der Waals surface area contributed by atoms with E-state index in [1.54, 1.807) is 6.07 Å². The fourth-order valence-electron chi connectivity index (χ4n) is 3.60. The molecule has 5 heteroatoms. The van der Waals surface area contributed by atoms with Crippen LogP contribution in [0.5, 0.6) is 0 Å². The average Bonchev–Trinajstić information content (AvgIpc) is 3.05. The Kier molecular flexibility index (Phi) is 3.73. The van der Waals surface area contributed by atoms with Crippen LogP contribution in [0.3, 0.4) is 0 Å². The molecule has 0 radical (unpaired) electrons. The van der Waals surface area contributed by atoms with Gasteiger partial charge < -0.3 is 16.0 Å². The van der Waals surface area contributed by atoms with Crippen molar-refractivity contribution in [2.24, 2.45) is 0 Å². The third-order valence-corrected chi connectivity index (χ3v) is 4.91. The molecule has 4 rings (SSSR count). The molecule has 1 unspecified atom stereocenters. The van der Waals surface area contributed by atoms with Crippen molar-refractivity contribution in [3.05, 3.63) is 58.4 Å². The first-order chi connectivity index (χ1) is 11.6. The van der Waals surface area contributed by atoms with Crippen molar-refractivity contribution in [1.29, 1.82) is 0 Å². The Morgan fingerprint density at radius 3 is 2.96 bits per heavy atom. The van der Waals surface area contributed by atoms with Crippen LogP contribution in [-0.2, 0) is 24.2 Å². The number of hydrogen-bond acceptors (Lipinski definition) is 3. The Bertz CT molecular complexity index is 787. The molecule has 124 valence electrons. The molecule has 0 saturated carbocycles. The van der Waals surface area contributed by atoms with Gasteiger partial charge in [0.2, 0.25) is 5.91 Å². The number of halogens is 1. The molecule has 3 N–H and O–H groups in total. The van der Waals surface area contributed by atoms with Gasteiger partial charge in [-0.1, -0.05) is 18.2 Å². The van der Waals surface area contributed by atoms with E-state index in [2.05, 4.69) is 22.0 Å². The van der Waals surface area contributed by atoms with Gasteiger partial charge in [0.1, 0.15) is 11.9 Å². The second-order valence-electron chi connectivity index (χ2n) is 6.48. The molecule has 1 atom stereocenters. The van der Waals surface area contributed by atoms with Gasteiger partial charge in [0, 0.05) is 29.9 Å². The zero-order chi connectivity index (χ0) is 16.7. The van der Waals surface area contributed by atoms with Crippen molar-refractivity contribution in [1.82, 2.24) is 5.32 Å². The maximum absolute atomic E-state index is 14.0. The Morgan fingerprint density at radius 1 is 1.25 bits per heavy atom. The number of amides is 1. The van der Waals surface area contributed by atoms with Gasteiger partial charge in [0.15, 0.2) is 0 Å². The summed E-state index contributed by atoms with van der Waals surface area (Å²) < 4.78 is 14.0. The Balaban J connectivity index is 1.55. The predicted octanol–water partition coefficient (Wildman–Crippen LogP) is 2.76. The molecule has 2 heterocycles. The Labute approximate surface area is 140 Å². The summed E-state index contributed by atoms with van der Waals surface area (Å²) in [6.07, 6.45) is 1.28. The number of hydrogen-bond donors (Lipinski definition) is 3. The van der Waals surface area contributed by atoms with E-state index in [1.807, 2.05) is 19.1 Å². The molecule has 0 aliphatic carbocycles. The van der Waals surface area contributed by atoms with Gasteiger partial charge in [-0.25, -0.2) is 4.39 Å². The number of aryl methyl sites for hydroxylation is 1. The van der Waals surface area contributed by atoms with E-state index in [1.165, 1.54) is 17.2 Å². The number of rotatable bonds is 2. The van der Waals surface area contributed by atoms with Gasteiger partial charge in [0.05, 0.1) is 0 Å². The third-order valence-electron chi connectivity index (χ3n) is 4.91. The van der Waals surface area contributed by atoms with E-state index in [-0.39, 0.29) is 11.7 Å². The van der Waals surface area contributed by atoms with Crippen molar-refractivity contribution in [3.63, 3.8) is 0 Å². The van der Waals surface area contributed by atoms with Gasteiger partial charge >= 0.3 is 0 Å². The topological polar surface area (TPSA) is 53.2 Å². The summed E-state index contributed by atoms with van der Waals surface area (Å²) in [6, 6.07) is 8.75. The van der Waals surface area contributed by atoms with E-state index < -0.39 is 6.04 Å². The smallest absolute Gasteiger partial charge is 0.247 e. The lowest BCUT2D eigenvalue weighted by Gasteiger charge is -2.21. The summed E-state index contributed by atoms with van der Waals surface area (Å²) in [5.74, 6) is -0.363. The lowest BCUT2D eigenvalue weighted by molar-refractivity contribution is -0.116. The highest BCUT2D eigenvalue weighted by Crippen LogP contribution is 2.32. The lowest BCUT2D eigenvalue weighted by atomic mass is 9.99. The number of fused-ring (bicyclic) bond motifs is 2. The highest BCUT2D eigenvalue weighted by atomic mass is 19.1. The molecule has 2 aliphatic rings. The molecule has 0 bridgehead atoms. The van der Waals surface area contributed by atoms with Crippen molar-refractivity contribution < 1.29 is 9.18 Å². The van der Waals surface area contributed by atoms with Crippen LogP contribution in [0.1, 0.15) is 22.3 Å². The highest BCUT2D eigenvalue weighted by molar-refractivity contribution is 5.99. The minimum Gasteiger partial charge on any atom is -0.373 e. The van der Waals surface area contributed by atoms with Gasteiger partial charge in [-0.05, 0) is 48.7 Å². The number of carbonyl (C=O) groups excluding carboxylic acids is 1. The van der Waals surface area contributed by atoms with Crippen LogP contribution in [0.2, 0.25) is 0 Å². The summed E-state index contributed by atoms with van der Waals surface area (Å²) in [6.45, 7) is 3.67. The summed E-state index contributed by atoms with van der Waals surface area (Å²) in [5, 5.41) is 9.55. The third kappa shape index (κ3) is 2.55. The second-order valence-corrected chi connectivity index (χ2v) is 6.48. The van der Waals surface area contributed by atoms with Crippen molar-refractivity contribution in [2.75, 3.05) is 17.2 Å². The molecule has 4 nitrogen and oxygen atoms in total. The minimum atomic E-state index is -0.437. The van der Waals surface area contributed by atoms with E-state index in [0.29, 0.717) is 12.0 Å². The van der Waals surface area contributed by atoms with Crippen LogP contribution in [0.4, 0.5) is 15.8 Å². The normalized spacial score (nSPS) is 18.5. The molecule has 0 saturated heterocycles. The summed E-state index contributed by atoms with van der Waals surface area (Å²) in [5.41, 5.74) is 5.62. The van der Waals surface area contributed by atoms with Gasteiger partial charge in [-0.3, -0.25) is 4.79 Å². The van der Waals surface area contributed by atoms with Crippen molar-refractivity contribution in [2.45, 2.75) is 32.4 Å². The number of benzene rings is 2. The van der Waals surface area contributed by atoms with Gasteiger partial charge in [-0.2, -0.15) is 0 Å².